The van der Waals surface area contributed by atoms with Crippen LogP contribution in [0.1, 0.15) is 105 Å². The van der Waals surface area contributed by atoms with Gasteiger partial charge in [-0.25, -0.2) is 4.79 Å². The normalized spacial score (nSPS) is 36.3. The van der Waals surface area contributed by atoms with Crippen molar-refractivity contribution >= 4 is 23.6 Å². The number of rotatable bonds is 10. The Labute approximate surface area is 270 Å². The lowest BCUT2D eigenvalue weighted by Gasteiger charge is -2.58. The van der Waals surface area contributed by atoms with E-state index in [1.165, 1.54) is 24.8 Å². The quantitative estimate of drug-likeness (QED) is 0.138. The van der Waals surface area contributed by atoms with E-state index in [0.29, 0.717) is 49.0 Å². The molecular formula is C36H58N4O5. The first-order valence-electron chi connectivity index (χ1n) is 17.7. The highest BCUT2D eigenvalue weighted by atomic mass is 16.7. The summed E-state index contributed by atoms with van der Waals surface area (Å²) in [5.74, 6) is 2.44. The van der Waals surface area contributed by atoms with Gasteiger partial charge in [0.05, 0.1) is 11.8 Å². The van der Waals surface area contributed by atoms with Crippen LogP contribution < -0.4 is 5.32 Å². The van der Waals surface area contributed by atoms with Gasteiger partial charge in [-0.2, -0.15) is 0 Å². The molecular weight excluding hydrogens is 568 g/mol. The molecule has 45 heavy (non-hydrogen) atoms. The molecule has 0 radical (unpaired) electrons. The number of ether oxygens (including phenoxy) is 1. The summed E-state index contributed by atoms with van der Waals surface area (Å²) in [6, 6.07) is -0.122. The number of carbonyl (C=O) groups is 3. The zero-order valence-electron chi connectivity index (χ0n) is 28.9. The highest BCUT2D eigenvalue weighted by Crippen LogP contribution is 2.66. The van der Waals surface area contributed by atoms with Crippen molar-refractivity contribution in [2.75, 3.05) is 33.7 Å². The molecule has 1 N–H and O–H groups in total. The minimum Gasteiger partial charge on any atom is -0.462 e. The topological polar surface area (TPSA) is 101 Å². The van der Waals surface area contributed by atoms with Gasteiger partial charge < -0.3 is 19.9 Å². The molecule has 9 nitrogen and oxygen atoms in total. The summed E-state index contributed by atoms with van der Waals surface area (Å²) >= 11 is 0. The third kappa shape index (κ3) is 7.19. The third-order valence-electron chi connectivity index (χ3n) is 12.4. The Morgan fingerprint density at radius 2 is 1.78 bits per heavy atom. The van der Waals surface area contributed by atoms with E-state index < -0.39 is 6.09 Å². The second kappa shape index (κ2) is 13.8. The summed E-state index contributed by atoms with van der Waals surface area (Å²) in [5, 5.41) is 7.92. The average molecular weight is 627 g/mol. The molecule has 4 fully saturated rings. The molecule has 5 aliphatic rings. The fourth-order valence-electron chi connectivity index (χ4n) is 9.95. The molecule has 0 aromatic heterocycles. The molecule has 9 heteroatoms. The fourth-order valence-corrected chi connectivity index (χ4v) is 9.95. The smallest absolute Gasteiger partial charge is 0.436 e. The molecule has 5 rings (SSSR count). The Bertz CT molecular complexity index is 1180. The molecule has 0 bridgehead atoms. The van der Waals surface area contributed by atoms with Gasteiger partial charge >= 0.3 is 12.1 Å². The fraction of sp³-hybridized carbons (Fsp3) is 0.833. The van der Waals surface area contributed by atoms with E-state index in [2.05, 4.69) is 36.1 Å². The van der Waals surface area contributed by atoms with Crippen molar-refractivity contribution in [2.45, 2.75) is 123 Å². The maximum absolute atomic E-state index is 13.4. The Morgan fingerprint density at radius 1 is 1.00 bits per heavy atom. The van der Waals surface area contributed by atoms with E-state index in [9.17, 15) is 14.4 Å². The number of allylic oxidation sites excluding steroid dienone is 1. The van der Waals surface area contributed by atoms with Crippen LogP contribution in [-0.2, 0) is 19.2 Å². The Hall–Kier alpha value is -2.26. The molecule has 3 saturated carbocycles. The van der Waals surface area contributed by atoms with Crippen LogP contribution in [0.3, 0.4) is 0 Å². The van der Waals surface area contributed by atoms with Crippen molar-refractivity contribution in [3.05, 3.63) is 11.6 Å². The predicted molar refractivity (Wildman–Crippen MR) is 176 cm³/mol. The van der Waals surface area contributed by atoms with Gasteiger partial charge in [0, 0.05) is 38.0 Å². The minimum atomic E-state index is -0.403. The van der Waals surface area contributed by atoms with Gasteiger partial charge in [-0.1, -0.05) is 24.6 Å². The van der Waals surface area contributed by atoms with Crippen molar-refractivity contribution in [1.82, 2.24) is 15.1 Å². The third-order valence-corrected chi connectivity index (χ3v) is 12.4. The van der Waals surface area contributed by atoms with Crippen LogP contribution in [0, 0.1) is 34.5 Å². The second-order valence-corrected chi connectivity index (χ2v) is 15.8. The van der Waals surface area contributed by atoms with Gasteiger partial charge in [0.2, 0.25) is 0 Å². The number of hydrogen-bond donors (Lipinski definition) is 1. The maximum Gasteiger partial charge on any atom is 0.436 e. The van der Waals surface area contributed by atoms with Crippen LogP contribution in [0.2, 0.25) is 0 Å². The molecule has 1 heterocycles. The van der Waals surface area contributed by atoms with Gasteiger partial charge in [0.15, 0.2) is 5.78 Å². The van der Waals surface area contributed by atoms with Crippen molar-refractivity contribution in [3.8, 4) is 0 Å². The lowest BCUT2D eigenvalue weighted by atomic mass is 9.46. The van der Waals surface area contributed by atoms with Crippen LogP contribution in [0.15, 0.2) is 16.8 Å². The molecule has 0 aromatic rings. The Kier molecular flexibility index (Phi) is 10.5. The summed E-state index contributed by atoms with van der Waals surface area (Å²) in [6.45, 7) is 12.5. The van der Waals surface area contributed by atoms with Crippen LogP contribution in [0.5, 0.6) is 0 Å². The number of fused-ring (bicyclic) bond motifs is 5. The molecule has 1 amide bonds. The van der Waals surface area contributed by atoms with Crippen molar-refractivity contribution in [2.24, 2.45) is 39.7 Å². The first-order valence-corrected chi connectivity index (χ1v) is 17.7. The predicted octanol–water partition coefficient (Wildman–Crippen LogP) is 5.97. The van der Waals surface area contributed by atoms with E-state index in [1.807, 2.05) is 34.0 Å². The Balaban J connectivity index is 1.19. The van der Waals surface area contributed by atoms with Crippen molar-refractivity contribution in [3.63, 3.8) is 0 Å². The highest BCUT2D eigenvalue weighted by Gasteiger charge is 2.59. The minimum absolute atomic E-state index is 0.127. The van der Waals surface area contributed by atoms with Gasteiger partial charge in [0.25, 0.3) is 0 Å². The number of oxime groups is 1. The first kappa shape index (κ1) is 34.1. The number of nitrogens with one attached hydrogen (secondary N) is 1. The number of nitrogens with zero attached hydrogens (tertiary/aromatic N) is 3. The van der Waals surface area contributed by atoms with Crippen LogP contribution in [0.25, 0.3) is 0 Å². The number of amides is 1. The van der Waals surface area contributed by atoms with Crippen LogP contribution in [-0.4, -0.2) is 85.3 Å². The number of ketones is 1. The number of hydrogen-bond acceptors (Lipinski definition) is 8. The Morgan fingerprint density at radius 3 is 2.51 bits per heavy atom. The molecule has 2 unspecified atom stereocenters. The summed E-state index contributed by atoms with van der Waals surface area (Å²) in [7, 11) is 4.00. The van der Waals surface area contributed by atoms with Gasteiger partial charge in [-0.15, -0.1) is 0 Å². The zero-order chi connectivity index (χ0) is 32.5. The summed E-state index contributed by atoms with van der Waals surface area (Å²) in [4.78, 5) is 47.4. The largest absolute Gasteiger partial charge is 0.462 e. The highest BCUT2D eigenvalue weighted by molar-refractivity contribution is 5.91. The molecule has 1 saturated heterocycles. The molecule has 1 aliphatic heterocycles. The SMILES string of the molecule is C/C(=N\OC(=O)N(CCC1CCC(C(=O)OC(C)C)N1)CCN(C)C)[C@H]1CC[C@H]2[C@@H]3CCC4=CC(=O)CC[C@]4(C)[C@H]3CC[C@]12C. The summed E-state index contributed by atoms with van der Waals surface area (Å²) in [5.41, 5.74) is 2.69. The maximum atomic E-state index is 13.4. The van der Waals surface area contributed by atoms with Crippen molar-refractivity contribution in [1.29, 1.82) is 0 Å². The van der Waals surface area contributed by atoms with E-state index in [4.69, 9.17) is 9.57 Å². The van der Waals surface area contributed by atoms with Crippen LogP contribution in [0.4, 0.5) is 4.79 Å². The van der Waals surface area contributed by atoms with Crippen molar-refractivity contribution < 1.29 is 24.0 Å². The van der Waals surface area contributed by atoms with E-state index in [1.54, 1.807) is 4.90 Å². The van der Waals surface area contributed by atoms with E-state index in [0.717, 1.165) is 57.2 Å². The lowest BCUT2D eigenvalue weighted by Crippen LogP contribution is -2.51. The summed E-state index contributed by atoms with van der Waals surface area (Å²) in [6.07, 6.45) is 12.4. The zero-order valence-corrected chi connectivity index (χ0v) is 28.9. The number of carbonyl (C=O) groups excluding carboxylic acids is 3. The van der Waals surface area contributed by atoms with Crippen LogP contribution >= 0.6 is 0 Å². The van der Waals surface area contributed by atoms with Gasteiger partial charge in [0.1, 0.15) is 6.04 Å². The lowest BCUT2D eigenvalue weighted by molar-refractivity contribution is -0.149. The molecule has 252 valence electrons. The number of likely N-dealkylation sites (N-methyl/N-ethyl adjacent to an activating group) is 1. The standard InChI is InChI=1S/C36H58N4O5/c1-23(2)44-33(42)32-13-9-26(37-32)16-19-40(21-20-39(6)7)34(43)45-38-24(3)29-11-12-30-28-10-8-25-22-27(41)14-17-35(25,4)31(28)15-18-36(29,30)5/h22-23,26,28-32,37H,8-21H2,1-7H3/b38-24+/t26?,28-,29+,30-,31-,32?,35-,36+/m0/s1. The number of esters is 1. The van der Waals surface area contributed by atoms with E-state index >= 15 is 0 Å². The first-order chi connectivity index (χ1) is 21.3. The molecule has 8 atom stereocenters. The second-order valence-electron chi connectivity index (χ2n) is 15.8. The average Bonchev–Trinajstić information content (AvgIpc) is 3.60. The monoisotopic (exact) mass is 626 g/mol. The summed E-state index contributed by atoms with van der Waals surface area (Å²) < 4.78 is 5.38. The molecule has 0 spiro atoms. The van der Waals surface area contributed by atoms with E-state index in [-0.39, 0.29) is 35.0 Å². The molecule has 4 aliphatic carbocycles. The van der Waals surface area contributed by atoms with Gasteiger partial charge in [-0.05, 0) is 134 Å². The van der Waals surface area contributed by atoms with Gasteiger partial charge in [-0.3, -0.25) is 14.4 Å². The molecule has 0 aromatic carbocycles.